The highest BCUT2D eigenvalue weighted by Crippen LogP contribution is 2.27. The highest BCUT2D eigenvalue weighted by molar-refractivity contribution is 5.23. The first-order valence-electron chi connectivity index (χ1n) is 6.77. The fourth-order valence-corrected chi connectivity index (χ4v) is 2.68. The van der Waals surface area contributed by atoms with Crippen LogP contribution in [0.4, 0.5) is 8.78 Å². The maximum absolute atomic E-state index is 12.4. The van der Waals surface area contributed by atoms with E-state index >= 15 is 0 Å². The molecule has 2 rings (SSSR count). The third kappa shape index (κ3) is 3.52. The second-order valence-electron chi connectivity index (χ2n) is 5.26. The number of benzene rings is 1. The quantitative estimate of drug-likeness (QED) is 0.825. The molecule has 1 saturated carbocycles. The number of nitrogens with one attached hydrogen (secondary N) is 1. The molecule has 0 saturated heterocycles. The Morgan fingerprint density at radius 2 is 1.78 bits per heavy atom. The van der Waals surface area contributed by atoms with Gasteiger partial charge in [0.15, 0.2) is 0 Å². The van der Waals surface area contributed by atoms with Gasteiger partial charge < -0.3 is 5.32 Å². The predicted molar refractivity (Wildman–Crippen MR) is 69.7 cm³/mol. The zero-order valence-electron chi connectivity index (χ0n) is 10.8. The van der Waals surface area contributed by atoms with Crippen LogP contribution in [0.1, 0.15) is 50.2 Å². The van der Waals surface area contributed by atoms with Crippen molar-refractivity contribution in [2.75, 3.05) is 0 Å². The van der Waals surface area contributed by atoms with Gasteiger partial charge in [0.05, 0.1) is 0 Å². The normalized spacial score (nSPS) is 18.4. The number of rotatable bonds is 5. The van der Waals surface area contributed by atoms with Crippen LogP contribution in [-0.2, 0) is 6.54 Å². The Kier molecular flexibility index (Phi) is 4.70. The summed E-state index contributed by atoms with van der Waals surface area (Å²) in [5.74, 6) is 0.783. The van der Waals surface area contributed by atoms with Gasteiger partial charge in [-0.15, -0.1) is 0 Å². The molecule has 1 aromatic carbocycles. The Morgan fingerprint density at radius 1 is 1.17 bits per heavy atom. The second kappa shape index (κ2) is 6.28. The van der Waals surface area contributed by atoms with Gasteiger partial charge in [-0.05, 0) is 31.2 Å². The van der Waals surface area contributed by atoms with E-state index in [0.29, 0.717) is 6.04 Å². The molecule has 100 valence electrons. The molecule has 1 nitrogen and oxygen atoms in total. The largest absolute Gasteiger partial charge is 0.310 e. The highest BCUT2D eigenvalue weighted by Gasteiger charge is 2.20. The smallest absolute Gasteiger partial charge is 0.263 e. The van der Waals surface area contributed by atoms with Gasteiger partial charge in [0.2, 0.25) is 0 Å². The van der Waals surface area contributed by atoms with E-state index in [-0.39, 0.29) is 5.56 Å². The van der Waals surface area contributed by atoms with E-state index in [1.54, 1.807) is 12.1 Å². The van der Waals surface area contributed by atoms with Crippen LogP contribution >= 0.6 is 0 Å². The van der Waals surface area contributed by atoms with Crippen LogP contribution in [-0.4, -0.2) is 6.04 Å². The molecule has 1 fully saturated rings. The summed E-state index contributed by atoms with van der Waals surface area (Å²) in [6.45, 7) is 2.99. The number of alkyl halides is 2. The van der Waals surface area contributed by atoms with Gasteiger partial charge in [-0.25, -0.2) is 8.78 Å². The maximum Gasteiger partial charge on any atom is 0.263 e. The summed E-state index contributed by atoms with van der Waals surface area (Å²) in [6.07, 6.45) is 2.96. The standard InChI is InChI=1S/C15H21F2N/c1-11(13-4-2-3-5-13)18-10-12-6-8-14(9-7-12)15(16)17/h6-9,11,13,15,18H,2-5,10H2,1H3/t11-/m1/s1. The van der Waals surface area contributed by atoms with Crippen molar-refractivity contribution < 1.29 is 8.78 Å². The Balaban J connectivity index is 1.82. The van der Waals surface area contributed by atoms with Gasteiger partial charge in [-0.3, -0.25) is 0 Å². The van der Waals surface area contributed by atoms with E-state index in [9.17, 15) is 8.78 Å². The molecule has 0 bridgehead atoms. The van der Waals surface area contributed by atoms with Crippen molar-refractivity contribution in [3.63, 3.8) is 0 Å². The predicted octanol–water partition coefficient (Wildman–Crippen LogP) is 4.29. The Labute approximate surface area is 108 Å². The van der Waals surface area contributed by atoms with Crippen molar-refractivity contribution in [3.05, 3.63) is 35.4 Å². The molecule has 0 unspecified atom stereocenters. The molecule has 0 aliphatic heterocycles. The first-order valence-corrected chi connectivity index (χ1v) is 6.77. The van der Waals surface area contributed by atoms with Gasteiger partial charge in [0.1, 0.15) is 0 Å². The second-order valence-corrected chi connectivity index (χ2v) is 5.26. The zero-order chi connectivity index (χ0) is 13.0. The molecule has 1 aliphatic carbocycles. The van der Waals surface area contributed by atoms with E-state index in [4.69, 9.17) is 0 Å². The number of hydrogen-bond donors (Lipinski definition) is 1. The van der Waals surface area contributed by atoms with Crippen LogP contribution in [0.25, 0.3) is 0 Å². The molecule has 1 aliphatic rings. The molecular formula is C15H21F2N. The Bertz CT molecular complexity index is 355. The summed E-state index contributed by atoms with van der Waals surface area (Å²) in [6, 6.07) is 7.12. The summed E-state index contributed by atoms with van der Waals surface area (Å²) in [7, 11) is 0. The fraction of sp³-hybridized carbons (Fsp3) is 0.600. The molecule has 1 N–H and O–H groups in total. The van der Waals surface area contributed by atoms with Gasteiger partial charge in [0.25, 0.3) is 6.43 Å². The molecular weight excluding hydrogens is 232 g/mol. The van der Waals surface area contributed by atoms with Crippen LogP contribution in [0.5, 0.6) is 0 Å². The molecule has 1 atom stereocenters. The summed E-state index contributed by atoms with van der Waals surface area (Å²) >= 11 is 0. The van der Waals surface area contributed by atoms with Crippen LogP contribution in [0.3, 0.4) is 0 Å². The van der Waals surface area contributed by atoms with Gasteiger partial charge in [-0.1, -0.05) is 37.1 Å². The highest BCUT2D eigenvalue weighted by atomic mass is 19.3. The summed E-state index contributed by atoms with van der Waals surface area (Å²) in [5, 5.41) is 3.50. The van der Waals surface area contributed by atoms with Crippen LogP contribution in [0, 0.1) is 5.92 Å². The van der Waals surface area contributed by atoms with E-state index in [1.807, 2.05) is 0 Å². The van der Waals surface area contributed by atoms with Crippen molar-refractivity contribution in [2.24, 2.45) is 5.92 Å². The summed E-state index contributed by atoms with van der Waals surface area (Å²) < 4.78 is 24.8. The third-order valence-corrected chi connectivity index (χ3v) is 3.97. The van der Waals surface area contributed by atoms with Crippen molar-refractivity contribution in [2.45, 2.75) is 51.6 Å². The first kappa shape index (κ1) is 13.5. The Morgan fingerprint density at radius 3 is 2.33 bits per heavy atom. The minimum Gasteiger partial charge on any atom is -0.310 e. The van der Waals surface area contributed by atoms with Gasteiger partial charge >= 0.3 is 0 Å². The summed E-state index contributed by atoms with van der Waals surface area (Å²) in [4.78, 5) is 0. The van der Waals surface area contributed by atoms with E-state index in [0.717, 1.165) is 18.0 Å². The van der Waals surface area contributed by atoms with Crippen molar-refractivity contribution in [1.82, 2.24) is 5.32 Å². The lowest BCUT2D eigenvalue weighted by molar-refractivity contribution is 0.151. The zero-order valence-corrected chi connectivity index (χ0v) is 10.8. The molecule has 0 amide bonds. The molecule has 3 heteroatoms. The first-order chi connectivity index (χ1) is 8.66. The van der Waals surface area contributed by atoms with Gasteiger partial charge in [-0.2, -0.15) is 0 Å². The Hall–Kier alpha value is -0.960. The lowest BCUT2D eigenvalue weighted by atomic mass is 9.99. The lowest BCUT2D eigenvalue weighted by Crippen LogP contribution is -2.31. The number of halogens is 2. The summed E-state index contributed by atoms with van der Waals surface area (Å²) in [5.41, 5.74) is 1.17. The fourth-order valence-electron chi connectivity index (χ4n) is 2.68. The topological polar surface area (TPSA) is 12.0 Å². The number of hydrogen-bond acceptors (Lipinski definition) is 1. The van der Waals surface area contributed by atoms with E-state index in [2.05, 4.69) is 12.2 Å². The molecule has 1 aromatic rings. The third-order valence-electron chi connectivity index (χ3n) is 3.97. The molecule has 0 heterocycles. The van der Waals surface area contributed by atoms with Crippen LogP contribution in [0.15, 0.2) is 24.3 Å². The minimum atomic E-state index is -2.37. The van der Waals surface area contributed by atoms with E-state index in [1.165, 1.54) is 37.8 Å². The van der Waals surface area contributed by atoms with Crippen molar-refractivity contribution >= 4 is 0 Å². The SMILES string of the molecule is C[C@@H](NCc1ccc(C(F)F)cc1)C1CCCC1. The minimum absolute atomic E-state index is 0.0996. The van der Waals surface area contributed by atoms with Crippen molar-refractivity contribution in [1.29, 1.82) is 0 Å². The molecule has 0 radical (unpaired) electrons. The molecule has 18 heavy (non-hydrogen) atoms. The average molecular weight is 253 g/mol. The van der Waals surface area contributed by atoms with Crippen molar-refractivity contribution in [3.8, 4) is 0 Å². The molecule has 0 spiro atoms. The van der Waals surface area contributed by atoms with Crippen LogP contribution in [0.2, 0.25) is 0 Å². The monoisotopic (exact) mass is 253 g/mol. The average Bonchev–Trinajstić information content (AvgIpc) is 2.90. The van der Waals surface area contributed by atoms with E-state index < -0.39 is 6.43 Å². The van der Waals surface area contributed by atoms with Crippen LogP contribution < -0.4 is 5.32 Å². The lowest BCUT2D eigenvalue weighted by Gasteiger charge is -2.20. The maximum atomic E-state index is 12.4. The van der Waals surface area contributed by atoms with Gasteiger partial charge in [0, 0.05) is 18.2 Å². The molecule has 0 aromatic heterocycles.